The summed E-state index contributed by atoms with van der Waals surface area (Å²) < 4.78 is 10.1. The summed E-state index contributed by atoms with van der Waals surface area (Å²) in [6.45, 7) is 10.5. The van der Waals surface area contributed by atoms with Crippen molar-refractivity contribution < 1.29 is 43.3 Å². The number of aromatic carboxylic acids is 1. The third-order valence-corrected chi connectivity index (χ3v) is 21.6. The standard InChI is InChI=1S/C27H26ClN3O2S.C14H11ClO2S.C14H19N3O.C13H9ClO2S.C8H7BrO2.C6H5ClS/c28-22-7-4-8-25(17-22)34-24-11-9-21(10-12-24)27(33)31-18-23(19-31)29-13-15-30(16-14-29)26(32)20-5-2-1-3-6-20;1-17-14(16)10-5-7-12(8-6-10)18-13-4-2-3-11(15)9-13;18-14(12-4-2-1-3-5-12)17-8-6-16(7-9-17)13-10-15-11-13;14-10-2-1-3-12(8-10)17-11-6-4-9(5-7-11)13(15)16;1-11-8(10)6-2-4-7(9)5-3-6;7-5-2-1-3-6(8)4-5/h1-12,17,23H,13-16,18-19H2;2-9H,1H3;1-5,13,15H,6-11H2;1-8H,(H,15,16);2-5H,1H3;1-4,8H. The van der Waals surface area contributed by atoms with Crippen LogP contribution in [0.5, 0.6) is 0 Å². The number of carboxylic acids is 1. The molecule has 10 aromatic rings. The Morgan fingerprint density at radius 3 is 1.05 bits per heavy atom. The summed E-state index contributed by atoms with van der Waals surface area (Å²) >= 11 is 35.6. The maximum Gasteiger partial charge on any atom is 0.337 e. The van der Waals surface area contributed by atoms with Crippen LogP contribution in [-0.4, -0.2) is 170 Å². The van der Waals surface area contributed by atoms with Gasteiger partial charge in [0.25, 0.3) is 17.7 Å². The van der Waals surface area contributed by atoms with Crippen LogP contribution in [0.4, 0.5) is 0 Å². The monoisotopic (exact) mass is 1640 g/mol. The lowest BCUT2D eigenvalue weighted by atomic mass is 10.0. The van der Waals surface area contributed by atoms with Crippen LogP contribution in [0.3, 0.4) is 0 Å². The number of hydrogen-bond acceptors (Lipinski definition) is 15. The van der Waals surface area contributed by atoms with Crippen molar-refractivity contribution in [3.05, 3.63) is 313 Å². The largest absolute Gasteiger partial charge is 0.478 e. The minimum absolute atomic E-state index is 0.0773. The van der Waals surface area contributed by atoms with Crippen LogP contribution in [0, 0.1) is 0 Å². The zero-order chi connectivity index (χ0) is 75.3. The first-order valence-electron chi connectivity index (χ1n) is 33.6. The Morgan fingerprint density at radius 2 is 0.717 bits per heavy atom. The molecule has 548 valence electrons. The highest BCUT2D eigenvalue weighted by atomic mass is 79.9. The molecule has 0 aliphatic carbocycles. The molecule has 0 atom stereocenters. The summed E-state index contributed by atoms with van der Waals surface area (Å²) in [6, 6.07) is 79.2. The number of ether oxygens (including phenoxy) is 2. The molecule has 14 rings (SSSR count). The van der Waals surface area contributed by atoms with E-state index in [1.807, 2.05) is 203 Å². The zero-order valence-corrected chi connectivity index (χ0v) is 65.9. The molecule has 0 saturated carbocycles. The van der Waals surface area contributed by atoms with Crippen LogP contribution in [0.1, 0.15) is 62.1 Å². The average Bonchev–Trinajstić information content (AvgIpc) is 0.767. The van der Waals surface area contributed by atoms with Crippen molar-refractivity contribution in [1.29, 1.82) is 0 Å². The number of carboxylic acid groups (broad SMARTS) is 1. The number of hydrogen-bond donors (Lipinski definition) is 3. The van der Waals surface area contributed by atoms with Crippen LogP contribution >= 0.6 is 110 Å². The topological polar surface area (TPSA) is 169 Å². The summed E-state index contributed by atoms with van der Waals surface area (Å²) in [5.74, 6) is -1.20. The van der Waals surface area contributed by atoms with Crippen molar-refractivity contribution in [2.24, 2.45) is 0 Å². The molecule has 0 unspecified atom stereocenters. The van der Waals surface area contributed by atoms with E-state index >= 15 is 0 Å². The zero-order valence-electron chi connectivity index (χ0n) is 57.9. The average molecular weight is 1640 g/mol. The first-order valence-corrected chi connectivity index (χ1v) is 38.8. The van der Waals surface area contributed by atoms with Gasteiger partial charge in [0.05, 0.1) is 30.9 Å². The molecule has 2 N–H and O–H groups in total. The Bertz CT molecular complexity index is 4490. The third kappa shape index (κ3) is 26.1. The van der Waals surface area contributed by atoms with Crippen LogP contribution < -0.4 is 5.32 Å². The van der Waals surface area contributed by atoms with Gasteiger partial charge in [-0.15, -0.1) is 12.6 Å². The molecule has 4 aliphatic rings. The fourth-order valence-electron chi connectivity index (χ4n) is 11.0. The summed E-state index contributed by atoms with van der Waals surface area (Å²) in [5.41, 5.74) is 3.67. The number of piperazine rings is 2. The Morgan fingerprint density at radius 1 is 0.387 bits per heavy atom. The minimum atomic E-state index is -0.913. The molecule has 106 heavy (non-hydrogen) atoms. The van der Waals surface area contributed by atoms with Crippen molar-refractivity contribution in [2.75, 3.05) is 92.8 Å². The molecule has 24 heteroatoms. The second-order valence-corrected chi connectivity index (χ2v) is 30.7. The van der Waals surface area contributed by atoms with Crippen molar-refractivity contribution in [3.63, 3.8) is 0 Å². The molecular formula is C82H77BrCl4N6O9S4. The van der Waals surface area contributed by atoms with Gasteiger partial charge in [0.2, 0.25) is 0 Å². The van der Waals surface area contributed by atoms with E-state index in [1.54, 1.807) is 102 Å². The number of rotatable bonds is 14. The summed E-state index contributed by atoms with van der Waals surface area (Å²) in [6.07, 6.45) is 0. The van der Waals surface area contributed by atoms with Gasteiger partial charge in [-0.05, 0) is 194 Å². The predicted octanol–water partition coefficient (Wildman–Crippen LogP) is 18.5. The lowest BCUT2D eigenvalue weighted by Crippen LogP contribution is -2.64. The number of methoxy groups -OCH3 is 2. The second-order valence-electron chi connectivity index (χ2n) is 24.1. The fourth-order valence-corrected chi connectivity index (χ4v) is 15.1. The molecule has 4 aliphatic heterocycles. The van der Waals surface area contributed by atoms with E-state index in [4.69, 9.17) is 51.5 Å². The number of esters is 2. The van der Waals surface area contributed by atoms with Crippen LogP contribution in [0.25, 0.3) is 0 Å². The molecule has 10 aromatic carbocycles. The SMILES string of the molecule is COC(=O)c1ccc(Br)cc1.COC(=O)c1ccc(Sc2cccc(Cl)c2)cc1.O=C(O)c1ccc(Sc2cccc(Cl)c2)cc1.O=C(c1ccccc1)N1CCN(C2CN(C(=O)c3ccc(Sc4cccc(Cl)c4)cc3)C2)CC1.O=C(c1ccccc1)N1CCN(C2CNC2)CC1.Sc1cccc(Cl)c1. The van der Waals surface area contributed by atoms with Gasteiger partial charge in [0, 0.05) is 166 Å². The molecule has 0 radical (unpaired) electrons. The van der Waals surface area contributed by atoms with Crippen molar-refractivity contribution >= 4 is 146 Å². The number of benzene rings is 10. The molecular weight excluding hydrogens is 1560 g/mol. The number of nitrogens with one attached hydrogen (secondary N) is 1. The summed E-state index contributed by atoms with van der Waals surface area (Å²) in [7, 11) is 2.74. The van der Waals surface area contributed by atoms with E-state index in [2.05, 4.69) is 53.1 Å². The molecule has 0 bridgehead atoms. The van der Waals surface area contributed by atoms with E-state index in [0.717, 1.165) is 133 Å². The van der Waals surface area contributed by atoms with E-state index < -0.39 is 5.97 Å². The maximum atomic E-state index is 12.9. The summed E-state index contributed by atoms with van der Waals surface area (Å²) in [5, 5.41) is 14.9. The predicted molar refractivity (Wildman–Crippen MR) is 433 cm³/mol. The number of thiol groups is 1. The van der Waals surface area contributed by atoms with Crippen molar-refractivity contribution in [2.45, 2.75) is 46.4 Å². The smallest absolute Gasteiger partial charge is 0.337 e. The van der Waals surface area contributed by atoms with Gasteiger partial charge in [-0.3, -0.25) is 24.2 Å². The minimum Gasteiger partial charge on any atom is -0.478 e. The second kappa shape index (κ2) is 42.5. The Labute approximate surface area is 665 Å². The highest BCUT2D eigenvalue weighted by Crippen LogP contribution is 2.33. The highest BCUT2D eigenvalue weighted by molar-refractivity contribution is 9.10. The van der Waals surface area contributed by atoms with E-state index in [1.165, 1.54) is 14.2 Å². The number of carbonyl (C=O) groups is 6. The highest BCUT2D eigenvalue weighted by Gasteiger charge is 2.37. The molecule has 4 saturated heterocycles. The van der Waals surface area contributed by atoms with Crippen LogP contribution in [0.2, 0.25) is 20.1 Å². The Kier molecular flexibility index (Phi) is 32.9. The van der Waals surface area contributed by atoms with Gasteiger partial charge in [-0.2, -0.15) is 0 Å². The van der Waals surface area contributed by atoms with Gasteiger partial charge in [-0.1, -0.05) is 158 Å². The van der Waals surface area contributed by atoms with Gasteiger partial charge < -0.3 is 34.6 Å². The number of halogens is 5. The Hall–Kier alpha value is -8.06. The van der Waals surface area contributed by atoms with Gasteiger partial charge >= 0.3 is 17.9 Å². The number of nitrogens with zero attached hydrogens (tertiary/aromatic N) is 5. The van der Waals surface area contributed by atoms with Gasteiger partial charge in [0.15, 0.2) is 0 Å². The fraction of sp³-hybridized carbons (Fsp3) is 0.195. The molecule has 4 heterocycles. The van der Waals surface area contributed by atoms with Crippen LogP contribution in [-0.2, 0) is 9.47 Å². The molecule has 0 spiro atoms. The Balaban J connectivity index is 0.000000156. The maximum absolute atomic E-state index is 12.9. The quantitative estimate of drug-likeness (QED) is 0.0694. The molecule has 3 amide bonds. The van der Waals surface area contributed by atoms with Crippen LogP contribution in [0.15, 0.2) is 294 Å². The molecule has 0 aromatic heterocycles. The van der Waals surface area contributed by atoms with E-state index in [0.29, 0.717) is 49.4 Å². The lowest BCUT2D eigenvalue weighted by Gasteiger charge is -2.48. The van der Waals surface area contributed by atoms with E-state index in [-0.39, 0.29) is 29.7 Å². The van der Waals surface area contributed by atoms with Crippen molar-refractivity contribution in [1.82, 2.24) is 29.8 Å². The number of likely N-dealkylation sites (tertiary alicyclic amines) is 1. The molecule has 4 fully saturated rings. The molecule has 15 nitrogen and oxygen atoms in total. The number of carbonyl (C=O) groups excluding carboxylic acids is 5. The summed E-state index contributed by atoms with van der Waals surface area (Å²) in [4.78, 5) is 88.5. The van der Waals surface area contributed by atoms with Crippen molar-refractivity contribution in [3.8, 4) is 0 Å². The normalized spacial score (nSPS) is 14.1. The van der Waals surface area contributed by atoms with Gasteiger partial charge in [0.1, 0.15) is 0 Å². The third-order valence-electron chi connectivity index (χ3n) is 16.8. The van der Waals surface area contributed by atoms with Gasteiger partial charge in [-0.25, -0.2) is 14.4 Å². The first kappa shape index (κ1) is 82.0. The lowest BCUT2D eigenvalue weighted by molar-refractivity contribution is 0.00850. The first-order chi connectivity index (χ1) is 51.3. The number of amides is 3. The van der Waals surface area contributed by atoms with E-state index in [9.17, 15) is 28.8 Å².